The van der Waals surface area contributed by atoms with Crippen molar-refractivity contribution in [2.75, 3.05) is 32.8 Å². The summed E-state index contributed by atoms with van der Waals surface area (Å²) in [5.74, 6) is -0.0235. The lowest BCUT2D eigenvalue weighted by molar-refractivity contribution is 0.0933. The Hall–Kier alpha value is -3.02. The molecule has 0 radical (unpaired) electrons. The maximum Gasteiger partial charge on any atom is 0.409 e. The summed E-state index contributed by atoms with van der Waals surface area (Å²) in [5.41, 5.74) is 2.58. The number of hydrogen-bond donors (Lipinski definition) is 0. The number of ether oxygens (including phenoxy) is 1. The predicted molar refractivity (Wildman–Crippen MR) is 143 cm³/mol. The highest BCUT2D eigenvalue weighted by Crippen LogP contribution is 2.24. The van der Waals surface area contributed by atoms with Crippen LogP contribution in [-0.2, 0) is 21.3 Å². The van der Waals surface area contributed by atoms with Crippen LogP contribution in [0.15, 0.2) is 52.4 Å². The van der Waals surface area contributed by atoms with Crippen LogP contribution in [0, 0.1) is 0 Å². The van der Waals surface area contributed by atoms with Crippen LogP contribution in [0.2, 0.25) is 0 Å². The first kappa shape index (κ1) is 27.0. The summed E-state index contributed by atoms with van der Waals surface area (Å²) < 4.78 is 35.6. The summed E-state index contributed by atoms with van der Waals surface area (Å²) in [4.78, 5) is 31.4. The van der Waals surface area contributed by atoms with Crippen LogP contribution in [0.25, 0.3) is 10.2 Å². The third kappa shape index (κ3) is 5.63. The molecule has 11 heteroatoms. The number of nitrogens with zero attached hydrogens (tertiary/aromatic N) is 4. The molecule has 0 spiro atoms. The molecule has 4 rings (SSSR count). The molecule has 2 aromatic carbocycles. The molecule has 3 aromatic rings. The van der Waals surface area contributed by atoms with Crippen LogP contribution in [-0.4, -0.2) is 67.0 Å². The molecule has 0 unspecified atom stereocenters. The van der Waals surface area contributed by atoms with Crippen molar-refractivity contribution in [2.24, 2.45) is 4.99 Å². The Labute approximate surface area is 221 Å². The minimum absolute atomic E-state index is 0.0975. The zero-order valence-electron chi connectivity index (χ0n) is 21.5. The maximum absolute atomic E-state index is 13.1. The molecular weight excluding hydrogens is 512 g/mol. The second-order valence-electron chi connectivity index (χ2n) is 9.04. The lowest BCUT2D eigenvalue weighted by Gasteiger charge is -2.33. The fourth-order valence-electron chi connectivity index (χ4n) is 4.24. The summed E-state index contributed by atoms with van der Waals surface area (Å²) in [6.45, 7) is 9.86. The van der Waals surface area contributed by atoms with E-state index < -0.39 is 22.0 Å². The minimum Gasteiger partial charge on any atom is -0.450 e. The van der Waals surface area contributed by atoms with E-state index in [1.54, 1.807) is 6.92 Å². The fraction of sp³-hybridized carbons (Fsp3) is 0.423. The standard InChI is InChI=1S/C26H32N4O5S2/c1-5-30-22-12-9-20(18(3)4)17-23(22)36-25(30)27-24(31)19-7-10-21(11-8-19)37(33,34)29-15-13-28(14-16-29)26(32)35-6-2/h7-12,17-18H,5-6,13-16H2,1-4H3. The van der Waals surface area contributed by atoms with Crippen molar-refractivity contribution in [3.05, 3.63) is 58.4 Å². The van der Waals surface area contributed by atoms with Crippen molar-refractivity contribution in [2.45, 2.75) is 45.1 Å². The Morgan fingerprint density at radius 1 is 1.03 bits per heavy atom. The lowest BCUT2D eigenvalue weighted by Crippen LogP contribution is -2.50. The number of hydrogen-bond acceptors (Lipinski definition) is 6. The van der Waals surface area contributed by atoms with Crippen LogP contribution in [0.1, 0.15) is 49.5 Å². The fourth-order valence-corrected chi connectivity index (χ4v) is 6.80. The average Bonchev–Trinajstić information content (AvgIpc) is 3.24. The van der Waals surface area contributed by atoms with E-state index in [0.29, 0.717) is 22.8 Å². The number of carbonyl (C=O) groups is 2. The third-order valence-corrected chi connectivity index (χ3v) is 9.34. The quantitative estimate of drug-likeness (QED) is 0.466. The van der Waals surface area contributed by atoms with E-state index in [9.17, 15) is 18.0 Å². The lowest BCUT2D eigenvalue weighted by atomic mass is 10.0. The second-order valence-corrected chi connectivity index (χ2v) is 12.0. The van der Waals surface area contributed by atoms with E-state index in [1.807, 2.05) is 11.5 Å². The smallest absolute Gasteiger partial charge is 0.409 e. The van der Waals surface area contributed by atoms with Crippen molar-refractivity contribution in [3.63, 3.8) is 0 Å². The van der Waals surface area contributed by atoms with Gasteiger partial charge in [-0.3, -0.25) is 4.79 Å². The molecule has 198 valence electrons. The average molecular weight is 545 g/mol. The highest BCUT2D eigenvalue weighted by Gasteiger charge is 2.30. The predicted octanol–water partition coefficient (Wildman–Crippen LogP) is 4.05. The summed E-state index contributed by atoms with van der Waals surface area (Å²) in [5, 5.41) is 0. The van der Waals surface area contributed by atoms with Gasteiger partial charge in [-0.2, -0.15) is 9.30 Å². The number of sulfonamides is 1. The largest absolute Gasteiger partial charge is 0.450 e. The number of aromatic nitrogens is 1. The molecule has 0 atom stereocenters. The van der Waals surface area contributed by atoms with E-state index in [0.717, 1.165) is 10.2 Å². The van der Waals surface area contributed by atoms with Crippen molar-refractivity contribution >= 4 is 43.6 Å². The van der Waals surface area contributed by atoms with E-state index >= 15 is 0 Å². The zero-order valence-corrected chi connectivity index (χ0v) is 23.1. The number of fused-ring (bicyclic) bond motifs is 1. The van der Waals surface area contributed by atoms with E-state index in [2.05, 4.69) is 37.0 Å². The summed E-state index contributed by atoms with van der Waals surface area (Å²) >= 11 is 1.47. The Balaban J connectivity index is 1.53. The molecule has 2 heterocycles. The Morgan fingerprint density at radius 2 is 1.70 bits per heavy atom. The molecule has 2 amide bonds. The van der Waals surface area contributed by atoms with Crippen LogP contribution in [0.5, 0.6) is 0 Å². The van der Waals surface area contributed by atoms with Crippen LogP contribution in [0.3, 0.4) is 0 Å². The molecule has 0 aliphatic carbocycles. The Morgan fingerprint density at radius 3 is 2.30 bits per heavy atom. The second kappa shape index (κ2) is 11.2. The van der Waals surface area contributed by atoms with E-state index in [-0.39, 0.29) is 37.7 Å². The molecular formula is C26H32N4O5S2. The first-order valence-electron chi connectivity index (χ1n) is 12.4. The third-order valence-electron chi connectivity index (χ3n) is 6.39. The number of benzene rings is 2. The molecule has 9 nitrogen and oxygen atoms in total. The molecule has 1 fully saturated rings. The number of rotatable bonds is 6. The monoisotopic (exact) mass is 544 g/mol. The molecule has 1 aliphatic rings. The van der Waals surface area contributed by atoms with Gasteiger partial charge in [0.05, 0.1) is 21.7 Å². The van der Waals surface area contributed by atoms with Gasteiger partial charge < -0.3 is 14.2 Å². The molecule has 0 bridgehead atoms. The van der Waals surface area contributed by atoms with Crippen molar-refractivity contribution in [3.8, 4) is 0 Å². The minimum atomic E-state index is -3.75. The summed E-state index contributed by atoms with van der Waals surface area (Å²) in [7, 11) is -3.75. The molecule has 37 heavy (non-hydrogen) atoms. The maximum atomic E-state index is 13.1. The SMILES string of the molecule is CCOC(=O)N1CCN(S(=O)(=O)c2ccc(C(=O)N=c3sc4cc(C(C)C)ccc4n3CC)cc2)CC1. The molecule has 1 saturated heterocycles. The highest BCUT2D eigenvalue weighted by molar-refractivity contribution is 7.89. The van der Waals surface area contributed by atoms with Crippen molar-refractivity contribution in [1.29, 1.82) is 0 Å². The van der Waals surface area contributed by atoms with Gasteiger partial charge in [0.1, 0.15) is 0 Å². The van der Waals surface area contributed by atoms with Gasteiger partial charge in [-0.05, 0) is 61.7 Å². The topological polar surface area (TPSA) is 101 Å². The zero-order chi connectivity index (χ0) is 26.7. The Bertz CT molecular complexity index is 1460. The number of aryl methyl sites for hydroxylation is 1. The van der Waals surface area contributed by atoms with E-state index in [1.165, 1.54) is 50.4 Å². The first-order chi connectivity index (χ1) is 17.6. The van der Waals surface area contributed by atoms with Gasteiger partial charge in [-0.25, -0.2) is 13.2 Å². The van der Waals surface area contributed by atoms with E-state index in [4.69, 9.17) is 4.74 Å². The number of thiazole rings is 1. The van der Waals surface area contributed by atoms with Gasteiger partial charge in [0.2, 0.25) is 10.0 Å². The van der Waals surface area contributed by atoms with Crippen LogP contribution < -0.4 is 4.80 Å². The summed E-state index contributed by atoms with van der Waals surface area (Å²) in [6, 6.07) is 12.2. The van der Waals surface area contributed by atoms with Gasteiger partial charge in [0.25, 0.3) is 5.91 Å². The van der Waals surface area contributed by atoms with Gasteiger partial charge in [0.15, 0.2) is 4.80 Å². The first-order valence-corrected chi connectivity index (χ1v) is 14.7. The highest BCUT2D eigenvalue weighted by atomic mass is 32.2. The molecule has 0 saturated carbocycles. The van der Waals surface area contributed by atoms with Gasteiger partial charge in [-0.15, -0.1) is 0 Å². The number of amides is 2. The van der Waals surface area contributed by atoms with Gasteiger partial charge >= 0.3 is 6.09 Å². The van der Waals surface area contributed by atoms with Crippen LogP contribution >= 0.6 is 11.3 Å². The normalized spacial score (nSPS) is 15.5. The molecule has 1 aromatic heterocycles. The Kier molecular flexibility index (Phi) is 8.15. The number of piperazine rings is 1. The van der Waals surface area contributed by atoms with Crippen molar-refractivity contribution < 1.29 is 22.7 Å². The van der Waals surface area contributed by atoms with Gasteiger partial charge in [-0.1, -0.05) is 31.3 Å². The van der Waals surface area contributed by atoms with Gasteiger partial charge in [0, 0.05) is 38.3 Å². The van der Waals surface area contributed by atoms with Crippen molar-refractivity contribution in [1.82, 2.24) is 13.8 Å². The molecule has 1 aliphatic heterocycles. The summed E-state index contributed by atoms with van der Waals surface area (Å²) in [6.07, 6.45) is -0.436. The molecule has 0 N–H and O–H groups in total. The van der Waals surface area contributed by atoms with Crippen LogP contribution in [0.4, 0.5) is 4.79 Å². The number of carbonyl (C=O) groups excluding carboxylic acids is 2.